The molecule has 0 atom stereocenters. The Balaban J connectivity index is 1.42. The second-order valence-electron chi connectivity index (χ2n) is 5.69. The third-order valence-corrected chi connectivity index (χ3v) is 3.87. The Morgan fingerprint density at radius 1 is 1.04 bits per heavy atom. The lowest BCUT2D eigenvalue weighted by molar-refractivity contribution is 0.240. The van der Waals surface area contributed by atoms with Crippen molar-refractivity contribution in [1.29, 1.82) is 0 Å². The highest BCUT2D eigenvalue weighted by Crippen LogP contribution is 2.15. The number of hydrogen-bond donors (Lipinski definition) is 2. The number of halogens is 1. The van der Waals surface area contributed by atoms with Crippen molar-refractivity contribution in [3.63, 3.8) is 0 Å². The highest BCUT2D eigenvalue weighted by atomic mass is 35.5. The number of amides is 2. The number of nitrogens with zero attached hydrogens (tertiary/aromatic N) is 1. The first-order valence-corrected chi connectivity index (χ1v) is 8.91. The van der Waals surface area contributed by atoms with Crippen LogP contribution in [0, 0.1) is 0 Å². The Morgan fingerprint density at radius 2 is 1.84 bits per heavy atom. The van der Waals surface area contributed by atoms with Gasteiger partial charge in [-0.25, -0.2) is 4.79 Å². The summed E-state index contributed by atoms with van der Waals surface area (Å²) in [6.45, 7) is 1.86. The number of pyridine rings is 1. The minimum atomic E-state index is -0.144. The predicted octanol–water partition coefficient (Wildman–Crippen LogP) is 4.17. The van der Waals surface area contributed by atoms with E-state index in [1.807, 2.05) is 36.4 Å². The van der Waals surface area contributed by atoms with Crippen molar-refractivity contribution in [2.75, 3.05) is 13.2 Å². The topological polar surface area (TPSA) is 63.2 Å². The van der Waals surface area contributed by atoms with E-state index in [9.17, 15) is 4.79 Å². The summed E-state index contributed by atoms with van der Waals surface area (Å²) in [5, 5.41) is 6.39. The molecule has 6 heteroatoms. The minimum Gasteiger partial charge on any atom is -0.494 e. The molecule has 0 aliphatic rings. The predicted molar refractivity (Wildman–Crippen MR) is 99.9 cm³/mol. The monoisotopic (exact) mass is 361 g/mol. The molecule has 0 radical (unpaired) electrons. The number of urea groups is 1. The van der Waals surface area contributed by atoms with Crippen molar-refractivity contribution in [2.24, 2.45) is 0 Å². The maximum absolute atomic E-state index is 11.7. The van der Waals surface area contributed by atoms with Crippen molar-refractivity contribution in [3.05, 3.63) is 59.4 Å². The maximum atomic E-state index is 11.7. The summed E-state index contributed by atoms with van der Waals surface area (Å²) in [5.41, 5.74) is 0.985. The summed E-state index contributed by atoms with van der Waals surface area (Å²) in [6.07, 6.45) is 7.55. The number of unbranched alkanes of at least 4 members (excludes halogenated alkanes) is 3. The fourth-order valence-electron chi connectivity index (χ4n) is 2.25. The van der Waals surface area contributed by atoms with Crippen LogP contribution in [-0.4, -0.2) is 24.2 Å². The molecule has 1 heterocycles. The van der Waals surface area contributed by atoms with Gasteiger partial charge < -0.3 is 15.4 Å². The number of ether oxygens (including phenoxy) is 1. The maximum Gasteiger partial charge on any atom is 0.315 e. The fraction of sp³-hybridized carbons (Fsp3) is 0.368. The van der Waals surface area contributed by atoms with Crippen LogP contribution in [0.1, 0.15) is 31.2 Å². The highest BCUT2D eigenvalue weighted by Gasteiger charge is 2.00. The first-order valence-electron chi connectivity index (χ1n) is 8.53. The summed E-state index contributed by atoms with van der Waals surface area (Å²) in [4.78, 5) is 15.7. The summed E-state index contributed by atoms with van der Waals surface area (Å²) in [6, 6.07) is 11.0. The zero-order valence-corrected chi connectivity index (χ0v) is 15.0. The van der Waals surface area contributed by atoms with E-state index in [1.165, 1.54) is 0 Å². The number of rotatable bonds is 10. The van der Waals surface area contributed by atoms with Gasteiger partial charge in [0.25, 0.3) is 0 Å². The van der Waals surface area contributed by atoms with Gasteiger partial charge in [-0.3, -0.25) is 4.98 Å². The Bertz CT molecular complexity index is 620. The Kier molecular flexibility index (Phi) is 8.63. The Morgan fingerprint density at radius 3 is 2.60 bits per heavy atom. The average molecular weight is 362 g/mol. The molecule has 25 heavy (non-hydrogen) atoms. The van der Waals surface area contributed by atoms with Crippen LogP contribution in [0.4, 0.5) is 4.79 Å². The molecule has 0 fully saturated rings. The van der Waals surface area contributed by atoms with Gasteiger partial charge in [0, 0.05) is 30.5 Å². The SMILES string of the molecule is O=C(NCCCCCCOc1ccc(Cl)cc1)NCc1cccnc1. The van der Waals surface area contributed by atoms with Crippen molar-refractivity contribution in [2.45, 2.75) is 32.2 Å². The van der Waals surface area contributed by atoms with Crippen molar-refractivity contribution < 1.29 is 9.53 Å². The van der Waals surface area contributed by atoms with Gasteiger partial charge >= 0.3 is 6.03 Å². The molecule has 1 aromatic heterocycles. The fourth-order valence-corrected chi connectivity index (χ4v) is 2.38. The number of carbonyl (C=O) groups is 1. The van der Waals surface area contributed by atoms with E-state index in [0.29, 0.717) is 24.7 Å². The number of nitrogens with one attached hydrogen (secondary N) is 2. The summed E-state index contributed by atoms with van der Waals surface area (Å²) >= 11 is 5.82. The molecule has 0 unspecified atom stereocenters. The minimum absolute atomic E-state index is 0.144. The van der Waals surface area contributed by atoms with Gasteiger partial charge in [-0.15, -0.1) is 0 Å². The van der Waals surface area contributed by atoms with E-state index < -0.39 is 0 Å². The summed E-state index contributed by atoms with van der Waals surface area (Å²) in [7, 11) is 0. The molecule has 134 valence electrons. The van der Waals surface area contributed by atoms with Crippen LogP contribution in [0.2, 0.25) is 5.02 Å². The third kappa shape index (κ3) is 8.40. The molecular formula is C19H24ClN3O2. The van der Waals surface area contributed by atoms with Crippen LogP contribution in [0.5, 0.6) is 5.75 Å². The van der Waals surface area contributed by atoms with E-state index in [-0.39, 0.29) is 6.03 Å². The lowest BCUT2D eigenvalue weighted by Gasteiger charge is -2.08. The normalized spacial score (nSPS) is 10.3. The molecule has 0 aliphatic carbocycles. The van der Waals surface area contributed by atoms with Gasteiger partial charge in [0.1, 0.15) is 5.75 Å². The largest absolute Gasteiger partial charge is 0.494 e. The number of aromatic nitrogens is 1. The Hall–Kier alpha value is -2.27. The molecule has 2 N–H and O–H groups in total. The number of benzene rings is 1. The van der Waals surface area contributed by atoms with Crippen molar-refractivity contribution >= 4 is 17.6 Å². The lowest BCUT2D eigenvalue weighted by atomic mass is 10.2. The zero-order chi connectivity index (χ0) is 17.7. The quantitative estimate of drug-likeness (QED) is 0.624. The molecule has 0 aliphatic heterocycles. The van der Waals surface area contributed by atoms with Gasteiger partial charge in [0.15, 0.2) is 0 Å². The van der Waals surface area contributed by atoms with Gasteiger partial charge in [0.05, 0.1) is 6.61 Å². The number of carbonyl (C=O) groups excluding carboxylic acids is 1. The lowest BCUT2D eigenvalue weighted by Crippen LogP contribution is -2.35. The second kappa shape index (κ2) is 11.3. The van der Waals surface area contributed by atoms with E-state index in [0.717, 1.165) is 37.0 Å². The van der Waals surface area contributed by atoms with Crippen LogP contribution in [-0.2, 0) is 6.54 Å². The van der Waals surface area contributed by atoms with Crippen LogP contribution in [0.25, 0.3) is 0 Å². The van der Waals surface area contributed by atoms with Crippen molar-refractivity contribution in [1.82, 2.24) is 15.6 Å². The molecule has 0 bridgehead atoms. The highest BCUT2D eigenvalue weighted by molar-refractivity contribution is 6.30. The first-order chi connectivity index (χ1) is 12.2. The first kappa shape index (κ1) is 19.1. The zero-order valence-electron chi connectivity index (χ0n) is 14.2. The molecule has 1 aromatic carbocycles. The molecule has 2 aromatic rings. The van der Waals surface area contributed by atoms with E-state index in [2.05, 4.69) is 15.6 Å². The van der Waals surface area contributed by atoms with Crippen LogP contribution < -0.4 is 15.4 Å². The smallest absolute Gasteiger partial charge is 0.315 e. The van der Waals surface area contributed by atoms with E-state index >= 15 is 0 Å². The van der Waals surface area contributed by atoms with Gasteiger partial charge in [-0.05, 0) is 48.7 Å². The Labute approximate surface area is 153 Å². The van der Waals surface area contributed by atoms with Crippen molar-refractivity contribution in [3.8, 4) is 5.75 Å². The molecule has 2 rings (SSSR count). The standard InChI is InChI=1S/C19H24ClN3O2/c20-17-7-9-18(10-8-17)25-13-4-2-1-3-12-22-19(24)23-15-16-6-5-11-21-14-16/h5-11,14H,1-4,12-13,15H2,(H2,22,23,24). The second-order valence-corrected chi connectivity index (χ2v) is 6.12. The average Bonchev–Trinajstić information content (AvgIpc) is 2.64. The molecule has 2 amide bonds. The van der Waals surface area contributed by atoms with E-state index in [4.69, 9.17) is 16.3 Å². The number of hydrogen-bond acceptors (Lipinski definition) is 3. The molecular weight excluding hydrogens is 338 g/mol. The molecule has 0 spiro atoms. The van der Waals surface area contributed by atoms with Crippen LogP contribution >= 0.6 is 11.6 Å². The third-order valence-electron chi connectivity index (χ3n) is 3.61. The van der Waals surface area contributed by atoms with Gasteiger partial charge in [0.2, 0.25) is 0 Å². The summed E-state index contributed by atoms with van der Waals surface area (Å²) in [5.74, 6) is 0.844. The molecule has 5 nitrogen and oxygen atoms in total. The van der Waals surface area contributed by atoms with Crippen LogP contribution in [0.3, 0.4) is 0 Å². The van der Waals surface area contributed by atoms with Crippen LogP contribution in [0.15, 0.2) is 48.8 Å². The van der Waals surface area contributed by atoms with E-state index in [1.54, 1.807) is 12.4 Å². The molecule has 0 saturated heterocycles. The summed E-state index contributed by atoms with van der Waals surface area (Å²) < 4.78 is 5.64. The van der Waals surface area contributed by atoms with Gasteiger partial charge in [-0.1, -0.05) is 30.5 Å². The molecule has 0 saturated carbocycles. The van der Waals surface area contributed by atoms with Gasteiger partial charge in [-0.2, -0.15) is 0 Å².